The minimum Gasteiger partial charge on any atom is -0.408 e. The van der Waals surface area contributed by atoms with E-state index in [1.807, 2.05) is 11.8 Å². The molecule has 4 nitrogen and oxygen atoms in total. The Labute approximate surface area is 80.4 Å². The van der Waals surface area contributed by atoms with E-state index in [0.29, 0.717) is 5.92 Å². The standard InChI is InChI=1S/C9H21N3O/c1-4-8(5-2)7-12(6-3)9(10)11-13/h8,13H,4-7H2,1-3H3,(H2,10,11). The monoisotopic (exact) mass is 187 g/mol. The molecule has 0 fully saturated rings. The van der Waals surface area contributed by atoms with E-state index in [9.17, 15) is 0 Å². The van der Waals surface area contributed by atoms with Crippen molar-refractivity contribution in [3.05, 3.63) is 0 Å². The zero-order valence-electron chi connectivity index (χ0n) is 8.82. The van der Waals surface area contributed by atoms with Crippen LogP contribution in [0.15, 0.2) is 5.16 Å². The van der Waals surface area contributed by atoms with Gasteiger partial charge in [-0.15, -0.1) is 0 Å². The van der Waals surface area contributed by atoms with Gasteiger partial charge in [0.1, 0.15) is 0 Å². The maximum absolute atomic E-state index is 8.52. The molecule has 0 heterocycles. The van der Waals surface area contributed by atoms with E-state index in [2.05, 4.69) is 19.0 Å². The first-order chi connectivity index (χ1) is 6.19. The SMILES string of the molecule is CCC(CC)CN(CC)C(N)=NO. The van der Waals surface area contributed by atoms with E-state index in [4.69, 9.17) is 10.9 Å². The number of nitrogens with zero attached hydrogens (tertiary/aromatic N) is 2. The summed E-state index contributed by atoms with van der Waals surface area (Å²) in [7, 11) is 0. The van der Waals surface area contributed by atoms with Crippen molar-refractivity contribution in [1.82, 2.24) is 4.90 Å². The van der Waals surface area contributed by atoms with Crippen LogP contribution in [-0.4, -0.2) is 29.2 Å². The second-order valence-electron chi connectivity index (χ2n) is 3.18. The minimum atomic E-state index is 0.217. The fraction of sp³-hybridized carbons (Fsp3) is 0.889. The highest BCUT2D eigenvalue weighted by Gasteiger charge is 2.11. The van der Waals surface area contributed by atoms with E-state index in [-0.39, 0.29) is 5.96 Å². The molecule has 0 unspecified atom stereocenters. The molecule has 0 aliphatic carbocycles. The molecule has 0 radical (unpaired) electrons. The maximum Gasteiger partial charge on any atom is 0.233 e. The van der Waals surface area contributed by atoms with Gasteiger partial charge in [-0.3, -0.25) is 0 Å². The fourth-order valence-corrected chi connectivity index (χ4v) is 1.31. The Kier molecular flexibility index (Phi) is 6.10. The summed E-state index contributed by atoms with van der Waals surface area (Å²) in [6.45, 7) is 7.98. The molecule has 4 heteroatoms. The molecule has 0 aromatic rings. The molecule has 0 aromatic heterocycles. The van der Waals surface area contributed by atoms with Gasteiger partial charge >= 0.3 is 0 Å². The Hall–Kier alpha value is -0.930. The minimum absolute atomic E-state index is 0.217. The van der Waals surface area contributed by atoms with Crippen molar-refractivity contribution in [2.75, 3.05) is 13.1 Å². The van der Waals surface area contributed by atoms with Crippen LogP contribution in [0.3, 0.4) is 0 Å². The summed E-state index contributed by atoms with van der Waals surface area (Å²) in [4.78, 5) is 1.89. The summed E-state index contributed by atoms with van der Waals surface area (Å²) in [6, 6.07) is 0. The van der Waals surface area contributed by atoms with Crippen molar-refractivity contribution < 1.29 is 5.21 Å². The summed E-state index contributed by atoms with van der Waals surface area (Å²) in [6.07, 6.45) is 2.26. The smallest absolute Gasteiger partial charge is 0.233 e. The van der Waals surface area contributed by atoms with Gasteiger partial charge in [0.15, 0.2) is 0 Å². The van der Waals surface area contributed by atoms with Crippen LogP contribution in [0.2, 0.25) is 0 Å². The average molecular weight is 187 g/mol. The van der Waals surface area contributed by atoms with Crippen molar-refractivity contribution >= 4 is 5.96 Å². The molecule has 0 rings (SSSR count). The first-order valence-electron chi connectivity index (χ1n) is 4.91. The number of guanidine groups is 1. The molecule has 0 bridgehead atoms. The molecule has 3 N–H and O–H groups in total. The van der Waals surface area contributed by atoms with Crippen LogP contribution in [0.4, 0.5) is 0 Å². The predicted molar refractivity (Wildman–Crippen MR) is 54.7 cm³/mol. The van der Waals surface area contributed by atoms with Gasteiger partial charge in [-0.1, -0.05) is 31.8 Å². The highest BCUT2D eigenvalue weighted by molar-refractivity contribution is 5.77. The molecule has 0 amide bonds. The third-order valence-electron chi connectivity index (χ3n) is 2.44. The Morgan fingerprint density at radius 3 is 2.23 bits per heavy atom. The van der Waals surface area contributed by atoms with Gasteiger partial charge in [-0.05, 0) is 12.8 Å². The van der Waals surface area contributed by atoms with Crippen molar-refractivity contribution in [1.29, 1.82) is 0 Å². The molecular formula is C9H21N3O. The summed E-state index contributed by atoms with van der Waals surface area (Å²) < 4.78 is 0. The number of nitrogens with two attached hydrogens (primary N) is 1. The average Bonchev–Trinajstić information content (AvgIpc) is 2.19. The fourth-order valence-electron chi connectivity index (χ4n) is 1.31. The van der Waals surface area contributed by atoms with E-state index in [1.165, 1.54) is 0 Å². The van der Waals surface area contributed by atoms with Gasteiger partial charge in [0, 0.05) is 13.1 Å². The predicted octanol–water partition coefficient (Wildman–Crippen LogP) is 1.45. The second-order valence-corrected chi connectivity index (χ2v) is 3.18. The van der Waals surface area contributed by atoms with Crippen LogP contribution in [0.1, 0.15) is 33.6 Å². The van der Waals surface area contributed by atoms with E-state index in [1.54, 1.807) is 0 Å². The largest absolute Gasteiger partial charge is 0.408 e. The number of rotatable bonds is 5. The molecule has 0 atom stereocenters. The second kappa shape index (κ2) is 6.57. The van der Waals surface area contributed by atoms with Crippen molar-refractivity contribution in [2.24, 2.45) is 16.8 Å². The quantitative estimate of drug-likeness (QED) is 0.296. The number of hydrogen-bond acceptors (Lipinski definition) is 2. The van der Waals surface area contributed by atoms with Crippen molar-refractivity contribution in [2.45, 2.75) is 33.6 Å². The lowest BCUT2D eigenvalue weighted by Crippen LogP contribution is -2.40. The highest BCUT2D eigenvalue weighted by atomic mass is 16.4. The van der Waals surface area contributed by atoms with Crippen LogP contribution in [0, 0.1) is 5.92 Å². The van der Waals surface area contributed by atoms with Gasteiger partial charge in [-0.2, -0.15) is 0 Å². The molecule has 0 aliphatic rings. The molecule has 0 aliphatic heterocycles. The van der Waals surface area contributed by atoms with E-state index >= 15 is 0 Å². The first-order valence-corrected chi connectivity index (χ1v) is 4.91. The summed E-state index contributed by atoms with van der Waals surface area (Å²) in [5.74, 6) is 0.842. The lowest BCUT2D eigenvalue weighted by Gasteiger charge is -2.25. The van der Waals surface area contributed by atoms with E-state index < -0.39 is 0 Å². The summed E-state index contributed by atoms with van der Waals surface area (Å²) in [5.41, 5.74) is 5.51. The lowest BCUT2D eigenvalue weighted by atomic mass is 10.0. The molecule has 0 saturated heterocycles. The third kappa shape index (κ3) is 4.01. The molecule has 78 valence electrons. The summed E-state index contributed by atoms with van der Waals surface area (Å²) >= 11 is 0. The normalized spacial score (nSPS) is 12.2. The van der Waals surface area contributed by atoms with Crippen LogP contribution in [0.5, 0.6) is 0 Å². The highest BCUT2D eigenvalue weighted by Crippen LogP contribution is 2.09. The number of hydrogen-bond donors (Lipinski definition) is 2. The van der Waals surface area contributed by atoms with Gasteiger partial charge < -0.3 is 15.8 Å². The molecule has 0 spiro atoms. The third-order valence-corrected chi connectivity index (χ3v) is 2.44. The summed E-state index contributed by atoms with van der Waals surface area (Å²) in [5, 5.41) is 11.5. The zero-order chi connectivity index (χ0) is 10.3. The molecular weight excluding hydrogens is 166 g/mol. The van der Waals surface area contributed by atoms with Gasteiger partial charge in [0.05, 0.1) is 0 Å². The van der Waals surface area contributed by atoms with Crippen LogP contribution in [0.25, 0.3) is 0 Å². The van der Waals surface area contributed by atoms with Gasteiger partial charge in [0.2, 0.25) is 5.96 Å². The van der Waals surface area contributed by atoms with Crippen LogP contribution >= 0.6 is 0 Å². The first kappa shape index (κ1) is 12.1. The van der Waals surface area contributed by atoms with Crippen molar-refractivity contribution in [3.63, 3.8) is 0 Å². The molecule has 0 saturated carbocycles. The Balaban J connectivity index is 4.10. The van der Waals surface area contributed by atoms with Crippen LogP contribution in [-0.2, 0) is 0 Å². The Bertz CT molecular complexity index is 155. The maximum atomic E-state index is 8.52. The zero-order valence-corrected chi connectivity index (χ0v) is 8.82. The Morgan fingerprint density at radius 2 is 1.92 bits per heavy atom. The van der Waals surface area contributed by atoms with Gasteiger partial charge in [0.25, 0.3) is 0 Å². The van der Waals surface area contributed by atoms with Crippen molar-refractivity contribution in [3.8, 4) is 0 Å². The molecule has 0 aromatic carbocycles. The Morgan fingerprint density at radius 1 is 1.38 bits per heavy atom. The number of oxime groups is 1. The van der Waals surface area contributed by atoms with Crippen LogP contribution < -0.4 is 5.73 Å². The van der Waals surface area contributed by atoms with Gasteiger partial charge in [-0.25, -0.2) is 0 Å². The van der Waals surface area contributed by atoms with E-state index in [0.717, 1.165) is 25.9 Å². The lowest BCUT2D eigenvalue weighted by molar-refractivity contribution is 0.283. The molecule has 13 heavy (non-hydrogen) atoms. The topological polar surface area (TPSA) is 61.8 Å².